The van der Waals surface area contributed by atoms with E-state index in [2.05, 4.69) is 36.6 Å². The zero-order valence-electron chi connectivity index (χ0n) is 13.2. The van der Waals surface area contributed by atoms with Crippen LogP contribution in [0.2, 0.25) is 0 Å². The van der Waals surface area contributed by atoms with Gasteiger partial charge in [-0.2, -0.15) is 0 Å². The average molecular weight is 285 g/mol. The molecule has 21 heavy (non-hydrogen) atoms. The van der Waals surface area contributed by atoms with Crippen molar-refractivity contribution >= 4 is 0 Å². The van der Waals surface area contributed by atoms with E-state index in [0.717, 1.165) is 42.6 Å². The first-order valence-corrected chi connectivity index (χ1v) is 8.58. The molecule has 0 radical (unpaired) electrons. The van der Waals surface area contributed by atoms with Crippen LogP contribution in [0.5, 0.6) is 0 Å². The molecule has 1 aromatic carbocycles. The molecule has 0 saturated heterocycles. The first-order chi connectivity index (χ1) is 10.3. The number of benzene rings is 1. The molecule has 3 saturated carbocycles. The molecule has 0 spiro atoms. The van der Waals surface area contributed by atoms with E-state index < -0.39 is 0 Å². The summed E-state index contributed by atoms with van der Waals surface area (Å²) in [5.74, 6) is 5.10. The molecule has 3 fully saturated rings. The van der Waals surface area contributed by atoms with Gasteiger partial charge in [0.1, 0.15) is 0 Å². The third kappa shape index (κ3) is 2.24. The average Bonchev–Trinajstić information content (AvgIpc) is 2.93. The molecule has 1 aromatic rings. The Morgan fingerprint density at radius 3 is 2.38 bits per heavy atom. The zero-order chi connectivity index (χ0) is 14.4. The normalized spacial score (nSPS) is 37.5. The van der Waals surface area contributed by atoms with Gasteiger partial charge in [-0.1, -0.05) is 24.3 Å². The topological polar surface area (TPSA) is 21.3 Å². The molecule has 5 atom stereocenters. The standard InChI is InChI=1S/C19H27NO/c1-20-19(13-5-3-12(4-6-13)9-10-21-2)18-16-14-7-8-15(11-14)17(16)18/h3-6,14-20H,7-11H2,1-2H3. The molecule has 1 N–H and O–H groups in total. The lowest BCUT2D eigenvalue weighted by atomic mass is 9.92. The Bertz CT molecular complexity index is 481. The SMILES string of the molecule is CNC(c1ccc(CCOC)cc1)C1C2C3CCC(C3)C21. The highest BCUT2D eigenvalue weighted by molar-refractivity contribution is 5.29. The van der Waals surface area contributed by atoms with Gasteiger partial charge in [0.15, 0.2) is 0 Å². The molecule has 0 aromatic heterocycles. The number of ether oxygens (including phenoxy) is 1. The number of fused-ring (bicyclic) bond motifs is 5. The second-order valence-electron chi connectivity index (χ2n) is 7.32. The maximum atomic E-state index is 5.16. The molecule has 2 bridgehead atoms. The van der Waals surface area contributed by atoms with Crippen LogP contribution in [0.4, 0.5) is 0 Å². The summed E-state index contributed by atoms with van der Waals surface area (Å²) >= 11 is 0. The van der Waals surface area contributed by atoms with Gasteiger partial charge in [0.2, 0.25) is 0 Å². The second kappa shape index (κ2) is 5.40. The molecule has 3 aliphatic carbocycles. The molecule has 0 heterocycles. The van der Waals surface area contributed by atoms with Gasteiger partial charge in [0.25, 0.3) is 0 Å². The van der Waals surface area contributed by atoms with Crippen LogP contribution in [-0.2, 0) is 11.2 Å². The minimum atomic E-state index is 0.569. The van der Waals surface area contributed by atoms with Gasteiger partial charge in [0.05, 0.1) is 6.61 Å². The van der Waals surface area contributed by atoms with Crippen LogP contribution in [0.15, 0.2) is 24.3 Å². The van der Waals surface area contributed by atoms with E-state index in [9.17, 15) is 0 Å². The number of methoxy groups -OCH3 is 1. The molecule has 5 unspecified atom stereocenters. The van der Waals surface area contributed by atoms with Crippen molar-refractivity contribution in [2.45, 2.75) is 31.7 Å². The second-order valence-corrected chi connectivity index (χ2v) is 7.32. The lowest BCUT2D eigenvalue weighted by molar-refractivity contribution is 0.202. The molecule has 3 aliphatic rings. The smallest absolute Gasteiger partial charge is 0.0502 e. The largest absolute Gasteiger partial charge is 0.384 e. The molecule has 0 aliphatic heterocycles. The van der Waals surface area contributed by atoms with Crippen molar-refractivity contribution in [3.63, 3.8) is 0 Å². The number of nitrogens with one attached hydrogen (secondary N) is 1. The van der Waals surface area contributed by atoms with Gasteiger partial charge < -0.3 is 10.1 Å². The maximum Gasteiger partial charge on any atom is 0.0502 e. The quantitative estimate of drug-likeness (QED) is 0.864. The number of rotatable bonds is 6. The summed E-state index contributed by atoms with van der Waals surface area (Å²) in [6.45, 7) is 0.810. The van der Waals surface area contributed by atoms with Crippen LogP contribution in [-0.4, -0.2) is 20.8 Å². The highest BCUT2D eigenvalue weighted by Crippen LogP contribution is 2.72. The van der Waals surface area contributed by atoms with Gasteiger partial charge in [-0.15, -0.1) is 0 Å². The molecule has 2 nitrogen and oxygen atoms in total. The lowest BCUT2D eigenvalue weighted by Gasteiger charge is -2.21. The van der Waals surface area contributed by atoms with Crippen molar-refractivity contribution < 1.29 is 4.74 Å². The van der Waals surface area contributed by atoms with E-state index in [1.54, 1.807) is 7.11 Å². The van der Waals surface area contributed by atoms with E-state index in [-0.39, 0.29) is 0 Å². The molecule has 2 heteroatoms. The predicted octanol–water partition coefficient (Wildman–Crippen LogP) is 3.43. The Morgan fingerprint density at radius 2 is 1.81 bits per heavy atom. The van der Waals surface area contributed by atoms with E-state index in [0.29, 0.717) is 6.04 Å². The number of hydrogen-bond acceptors (Lipinski definition) is 2. The fourth-order valence-electron chi connectivity index (χ4n) is 5.53. The van der Waals surface area contributed by atoms with Gasteiger partial charge in [0, 0.05) is 13.2 Å². The van der Waals surface area contributed by atoms with Crippen LogP contribution in [0, 0.1) is 29.6 Å². The highest BCUT2D eigenvalue weighted by Gasteiger charge is 2.66. The summed E-state index contributed by atoms with van der Waals surface area (Å²) in [7, 11) is 3.91. The van der Waals surface area contributed by atoms with Crippen LogP contribution < -0.4 is 5.32 Å². The number of hydrogen-bond donors (Lipinski definition) is 1. The third-order valence-corrected chi connectivity index (χ3v) is 6.42. The Labute approximate surface area is 128 Å². The first kappa shape index (κ1) is 13.8. The summed E-state index contributed by atoms with van der Waals surface area (Å²) in [5, 5.41) is 3.62. The maximum absolute atomic E-state index is 5.16. The van der Waals surface area contributed by atoms with Crippen LogP contribution in [0.1, 0.15) is 36.4 Å². The Kier molecular flexibility index (Phi) is 3.55. The molecular weight excluding hydrogens is 258 g/mol. The fraction of sp³-hybridized carbons (Fsp3) is 0.684. The molecule has 114 valence electrons. The summed E-state index contributed by atoms with van der Waals surface area (Å²) in [5.41, 5.74) is 2.86. The Hall–Kier alpha value is -0.860. The van der Waals surface area contributed by atoms with Crippen molar-refractivity contribution in [2.75, 3.05) is 20.8 Å². The summed E-state index contributed by atoms with van der Waals surface area (Å²) in [4.78, 5) is 0. The van der Waals surface area contributed by atoms with Crippen molar-refractivity contribution in [2.24, 2.45) is 29.6 Å². The monoisotopic (exact) mass is 285 g/mol. The van der Waals surface area contributed by atoms with E-state index >= 15 is 0 Å². The molecule has 4 rings (SSSR count). The summed E-state index contributed by atoms with van der Waals surface area (Å²) in [6, 6.07) is 9.81. The van der Waals surface area contributed by atoms with Crippen LogP contribution in [0.3, 0.4) is 0 Å². The van der Waals surface area contributed by atoms with Crippen molar-refractivity contribution in [1.82, 2.24) is 5.32 Å². The van der Waals surface area contributed by atoms with E-state index in [1.807, 2.05) is 0 Å². The molecule has 0 amide bonds. The Morgan fingerprint density at radius 1 is 1.14 bits per heavy atom. The highest BCUT2D eigenvalue weighted by atomic mass is 16.5. The van der Waals surface area contributed by atoms with Gasteiger partial charge >= 0.3 is 0 Å². The lowest BCUT2D eigenvalue weighted by Crippen LogP contribution is -2.22. The minimum absolute atomic E-state index is 0.569. The Balaban J connectivity index is 1.47. The molecular formula is C19H27NO. The fourth-order valence-corrected chi connectivity index (χ4v) is 5.53. The van der Waals surface area contributed by atoms with E-state index in [1.165, 1.54) is 30.4 Å². The van der Waals surface area contributed by atoms with E-state index in [4.69, 9.17) is 4.74 Å². The third-order valence-electron chi connectivity index (χ3n) is 6.42. The first-order valence-electron chi connectivity index (χ1n) is 8.58. The van der Waals surface area contributed by atoms with Gasteiger partial charge in [-0.3, -0.25) is 0 Å². The van der Waals surface area contributed by atoms with Crippen LogP contribution >= 0.6 is 0 Å². The summed E-state index contributed by atoms with van der Waals surface area (Å²) in [6.07, 6.45) is 5.57. The zero-order valence-corrected chi connectivity index (χ0v) is 13.2. The summed E-state index contributed by atoms with van der Waals surface area (Å²) < 4.78 is 5.16. The van der Waals surface area contributed by atoms with Crippen LogP contribution in [0.25, 0.3) is 0 Å². The van der Waals surface area contributed by atoms with Crippen molar-refractivity contribution in [1.29, 1.82) is 0 Å². The van der Waals surface area contributed by atoms with Crippen molar-refractivity contribution in [3.05, 3.63) is 35.4 Å². The predicted molar refractivity (Wildman–Crippen MR) is 85.1 cm³/mol. The minimum Gasteiger partial charge on any atom is -0.384 e. The van der Waals surface area contributed by atoms with Gasteiger partial charge in [-0.25, -0.2) is 0 Å². The van der Waals surface area contributed by atoms with Gasteiger partial charge in [-0.05, 0) is 73.4 Å². The van der Waals surface area contributed by atoms with Crippen molar-refractivity contribution in [3.8, 4) is 0 Å².